The fraction of sp³-hybridized carbons (Fsp3) is 0.467. The van der Waals surface area contributed by atoms with Gasteiger partial charge in [0.25, 0.3) is 5.95 Å². The van der Waals surface area contributed by atoms with Crippen molar-refractivity contribution in [3.8, 4) is 0 Å². The molecule has 1 saturated heterocycles. The lowest BCUT2D eigenvalue weighted by Crippen LogP contribution is -2.37. The molecule has 2 aromatic rings. The highest BCUT2D eigenvalue weighted by Crippen LogP contribution is 2.26. The van der Waals surface area contributed by atoms with Crippen LogP contribution in [0.5, 0.6) is 0 Å². The number of hydrogen-bond acceptors (Lipinski definition) is 6. The smallest absolute Gasteiger partial charge is 0.266 e. The predicted molar refractivity (Wildman–Crippen MR) is 77.1 cm³/mol. The Hall–Kier alpha value is -1.92. The first-order valence-electron chi connectivity index (χ1n) is 7.36. The molecule has 0 aliphatic carbocycles. The second-order valence-electron chi connectivity index (χ2n) is 5.44. The molecule has 0 amide bonds. The van der Waals surface area contributed by atoms with E-state index in [9.17, 15) is 0 Å². The minimum atomic E-state index is 0.0993. The van der Waals surface area contributed by atoms with Crippen LogP contribution >= 0.6 is 0 Å². The molecule has 1 aromatic heterocycles. The first kappa shape index (κ1) is 12.8. The number of hydrogen-bond donors (Lipinski definition) is 1. The van der Waals surface area contributed by atoms with Gasteiger partial charge in [0.1, 0.15) is 0 Å². The van der Waals surface area contributed by atoms with E-state index in [1.165, 1.54) is 11.1 Å². The lowest BCUT2D eigenvalue weighted by atomic mass is 9.96. The van der Waals surface area contributed by atoms with Crippen molar-refractivity contribution in [2.24, 2.45) is 0 Å². The van der Waals surface area contributed by atoms with E-state index >= 15 is 0 Å². The summed E-state index contributed by atoms with van der Waals surface area (Å²) >= 11 is 0. The monoisotopic (exact) mass is 286 g/mol. The second-order valence-corrected chi connectivity index (χ2v) is 5.44. The summed E-state index contributed by atoms with van der Waals surface area (Å²) < 4.78 is 10.8. The fourth-order valence-electron chi connectivity index (χ4n) is 2.89. The number of nitrogens with one attached hydrogen (secondary N) is 1. The van der Waals surface area contributed by atoms with Gasteiger partial charge in [-0.25, -0.2) is 0 Å². The lowest BCUT2D eigenvalue weighted by Gasteiger charge is -2.25. The summed E-state index contributed by atoms with van der Waals surface area (Å²) in [5.41, 5.74) is 2.70. The third-order valence-electron chi connectivity index (χ3n) is 4.10. The average molecular weight is 286 g/mol. The van der Waals surface area contributed by atoms with Crippen LogP contribution in [-0.2, 0) is 17.7 Å². The van der Waals surface area contributed by atoms with Gasteiger partial charge < -0.3 is 19.5 Å². The topological polar surface area (TPSA) is 63.4 Å². The van der Waals surface area contributed by atoms with Crippen molar-refractivity contribution in [2.45, 2.75) is 19.0 Å². The van der Waals surface area contributed by atoms with Crippen LogP contribution < -0.4 is 10.2 Å². The molecule has 4 rings (SSSR count). The molecule has 1 fully saturated rings. The molecule has 0 spiro atoms. The maximum atomic E-state index is 5.47. The molecule has 0 saturated carbocycles. The normalized spacial score (nSPS) is 22.1. The van der Waals surface area contributed by atoms with Gasteiger partial charge in [0.15, 0.2) is 0 Å². The summed E-state index contributed by atoms with van der Waals surface area (Å²) in [6.45, 7) is 3.92. The highest BCUT2D eigenvalue weighted by Gasteiger charge is 2.25. The second kappa shape index (κ2) is 5.46. The number of nitrogens with zero attached hydrogens (tertiary/aromatic N) is 3. The van der Waals surface area contributed by atoms with Gasteiger partial charge >= 0.3 is 0 Å². The number of fused-ring (bicyclic) bond motifs is 1. The first-order valence-corrected chi connectivity index (χ1v) is 7.36. The van der Waals surface area contributed by atoms with E-state index in [2.05, 4.69) is 44.6 Å². The Morgan fingerprint density at radius 2 is 1.95 bits per heavy atom. The van der Waals surface area contributed by atoms with E-state index < -0.39 is 0 Å². The number of rotatable bonds is 2. The molecule has 3 heterocycles. The third kappa shape index (κ3) is 2.52. The molecule has 6 nitrogen and oxygen atoms in total. The number of benzene rings is 1. The van der Waals surface area contributed by atoms with E-state index in [0.717, 1.165) is 39.3 Å². The van der Waals surface area contributed by atoms with Crippen LogP contribution in [0.4, 0.5) is 5.95 Å². The van der Waals surface area contributed by atoms with E-state index in [1.54, 1.807) is 0 Å². The lowest BCUT2D eigenvalue weighted by molar-refractivity contribution is 0.121. The van der Waals surface area contributed by atoms with Crippen LogP contribution in [0.25, 0.3) is 0 Å². The summed E-state index contributed by atoms with van der Waals surface area (Å²) in [7, 11) is 0. The zero-order valence-corrected chi connectivity index (χ0v) is 11.8. The molecule has 2 aliphatic rings. The van der Waals surface area contributed by atoms with Crippen molar-refractivity contribution in [2.75, 3.05) is 31.2 Å². The van der Waals surface area contributed by atoms with E-state index in [4.69, 9.17) is 9.26 Å². The fourth-order valence-corrected chi connectivity index (χ4v) is 2.89. The van der Waals surface area contributed by atoms with Crippen LogP contribution in [0, 0.1) is 0 Å². The highest BCUT2D eigenvalue weighted by atomic mass is 16.5. The molecule has 21 heavy (non-hydrogen) atoms. The van der Waals surface area contributed by atoms with Crippen LogP contribution in [0.2, 0.25) is 0 Å². The van der Waals surface area contributed by atoms with Crippen molar-refractivity contribution >= 4 is 5.95 Å². The maximum Gasteiger partial charge on any atom is 0.266 e. The van der Waals surface area contributed by atoms with Gasteiger partial charge in [0.05, 0.1) is 19.3 Å². The van der Waals surface area contributed by atoms with Crippen molar-refractivity contribution in [3.63, 3.8) is 0 Å². The van der Waals surface area contributed by atoms with E-state index in [1.807, 2.05) is 0 Å². The van der Waals surface area contributed by atoms with Crippen molar-refractivity contribution in [1.82, 2.24) is 15.5 Å². The number of anilines is 1. The van der Waals surface area contributed by atoms with Gasteiger partial charge in [0.2, 0.25) is 5.89 Å². The number of aromatic nitrogens is 2. The van der Waals surface area contributed by atoms with Gasteiger partial charge in [-0.3, -0.25) is 0 Å². The molecule has 2 aliphatic heterocycles. The Morgan fingerprint density at radius 3 is 2.81 bits per heavy atom. The van der Waals surface area contributed by atoms with Gasteiger partial charge in [-0.05, 0) is 22.7 Å². The van der Waals surface area contributed by atoms with Gasteiger partial charge in [-0.2, -0.15) is 4.98 Å². The number of morpholine rings is 1. The van der Waals surface area contributed by atoms with Crippen molar-refractivity contribution in [3.05, 3.63) is 41.3 Å². The molecule has 0 radical (unpaired) electrons. The SMILES string of the molecule is c1ccc2c(c1)CN[C@@H](c1nc(N3CCOCC3)no1)C2. The van der Waals surface area contributed by atoms with Gasteiger partial charge in [0, 0.05) is 19.6 Å². The largest absolute Gasteiger partial charge is 0.378 e. The zero-order chi connectivity index (χ0) is 14.1. The van der Waals surface area contributed by atoms with Gasteiger partial charge in [-0.15, -0.1) is 0 Å². The molecule has 1 aromatic carbocycles. The molecular weight excluding hydrogens is 268 g/mol. The van der Waals surface area contributed by atoms with Crippen LogP contribution in [0.1, 0.15) is 23.1 Å². The zero-order valence-electron chi connectivity index (χ0n) is 11.8. The minimum absolute atomic E-state index is 0.0993. The summed E-state index contributed by atoms with van der Waals surface area (Å²) in [6.07, 6.45) is 0.890. The minimum Gasteiger partial charge on any atom is -0.378 e. The summed E-state index contributed by atoms with van der Waals surface area (Å²) in [5, 5.41) is 7.58. The maximum absolute atomic E-state index is 5.47. The summed E-state index contributed by atoms with van der Waals surface area (Å²) in [4.78, 5) is 6.67. The van der Waals surface area contributed by atoms with E-state index in [0.29, 0.717) is 11.8 Å². The third-order valence-corrected chi connectivity index (χ3v) is 4.10. The molecule has 1 atom stereocenters. The Kier molecular flexibility index (Phi) is 3.33. The Bertz CT molecular complexity index is 622. The summed E-state index contributed by atoms with van der Waals surface area (Å²) in [5.74, 6) is 1.35. The average Bonchev–Trinajstić information content (AvgIpc) is 3.05. The number of ether oxygens (including phenoxy) is 1. The summed E-state index contributed by atoms with van der Waals surface area (Å²) in [6, 6.07) is 8.58. The van der Waals surface area contributed by atoms with Crippen molar-refractivity contribution in [1.29, 1.82) is 0 Å². The standard InChI is InChI=1S/C15H18N4O2/c1-2-4-12-10-16-13(9-11(12)3-1)14-17-15(18-21-14)19-5-7-20-8-6-19/h1-4,13,16H,5-10H2/t13-/m1/s1. The molecule has 0 bridgehead atoms. The molecule has 6 heteroatoms. The molecule has 1 N–H and O–H groups in total. The quantitative estimate of drug-likeness (QED) is 0.897. The van der Waals surface area contributed by atoms with Crippen LogP contribution in [0.15, 0.2) is 28.8 Å². The highest BCUT2D eigenvalue weighted by molar-refractivity contribution is 5.32. The van der Waals surface area contributed by atoms with E-state index in [-0.39, 0.29) is 6.04 Å². The molecule has 110 valence electrons. The van der Waals surface area contributed by atoms with Crippen molar-refractivity contribution < 1.29 is 9.26 Å². The van der Waals surface area contributed by atoms with Gasteiger partial charge in [-0.1, -0.05) is 24.3 Å². The first-order chi connectivity index (χ1) is 10.4. The Labute approximate surface area is 123 Å². The Balaban J connectivity index is 1.51. The molecular formula is C15H18N4O2. The Morgan fingerprint density at radius 1 is 1.14 bits per heavy atom. The van der Waals surface area contributed by atoms with Crippen LogP contribution in [0.3, 0.4) is 0 Å². The molecule has 0 unspecified atom stereocenters. The predicted octanol–water partition coefficient (Wildman–Crippen LogP) is 1.29. The van der Waals surface area contributed by atoms with Crippen LogP contribution in [-0.4, -0.2) is 36.4 Å².